The minimum Gasteiger partial charge on any atom is -0.463 e. The van der Waals surface area contributed by atoms with Gasteiger partial charge in [0.2, 0.25) is 0 Å². The summed E-state index contributed by atoms with van der Waals surface area (Å²) in [6.07, 6.45) is 95.5. The summed E-state index contributed by atoms with van der Waals surface area (Å²) in [4.78, 5) is 58.6. The van der Waals surface area contributed by atoms with E-state index in [0.717, 1.165) is 148 Å². The van der Waals surface area contributed by atoms with Gasteiger partial charge in [-0.2, -0.15) is 0 Å². The summed E-state index contributed by atoms with van der Waals surface area (Å²) in [7, 11) is -9.78. The molecule has 16 nitrogen and oxygen atoms in total. The molecule has 5 atom stereocenters. The van der Waals surface area contributed by atoms with Crippen LogP contribution in [0.3, 0.4) is 0 Å². The monoisotopic (exact) mass is 1520 g/mol. The van der Waals surface area contributed by atoms with Crippen LogP contribution in [-0.2, 0) is 55.8 Å². The maximum Gasteiger partial charge on any atom is 0.472 e. The van der Waals surface area contributed by atoms with Crippen molar-refractivity contribution in [3.8, 4) is 0 Å². The van der Waals surface area contributed by atoms with Crippen molar-refractivity contribution in [3.63, 3.8) is 0 Å². The molecule has 0 saturated carbocycles. The topological polar surface area (TPSA) is 231 Å². The lowest BCUT2D eigenvalue weighted by Gasteiger charge is -2.21. The Hall–Kier alpha value is -4.05. The van der Waals surface area contributed by atoms with Crippen molar-refractivity contribution in [1.29, 1.82) is 0 Å². The molecular formula is C87H152O16P2. The molecule has 0 aliphatic rings. The summed E-state index contributed by atoms with van der Waals surface area (Å²) in [6, 6.07) is 0. The molecule has 0 rings (SSSR count). The van der Waals surface area contributed by atoms with Crippen molar-refractivity contribution in [3.05, 3.63) is 122 Å². The highest BCUT2D eigenvalue weighted by Crippen LogP contribution is 2.45. The van der Waals surface area contributed by atoms with Gasteiger partial charge in [0.1, 0.15) is 25.4 Å². The standard InChI is InChI=1S/C87H152O16P2/c1-4-7-10-13-16-19-22-24-26-28-30-32-34-35-36-37-38-39-40-41-42-43-44-45-47-49-50-52-54-56-59-61-64-67-70-73-85(90)97-76-82(88)77-99-104(93,94)100-78-83(89)79-101-105(95,96)102-81-84(103-87(92)75-72-69-66-63-58-21-18-15-12-9-6-3)80-98-86(91)74-71-68-65-62-60-57-55-53-51-48-46-33-31-29-27-25-23-20-17-14-11-8-5-2/h7,10,16-17,19-20,24-27,30-33,35-36,38-39,48,51,82-84,88-89H,4-6,8-9,11-15,18,21-23,28-29,34,37,40-47,49-50,52-81H2,1-3H3,(H,93,94)(H,95,96)/b10-7-,19-16-,20-17-,26-24-,27-25-,32-30-,33-31-,36-35-,39-38-,51-48-. The Bertz CT molecular complexity index is 2390. The van der Waals surface area contributed by atoms with Crippen molar-refractivity contribution in [2.75, 3.05) is 39.6 Å². The van der Waals surface area contributed by atoms with E-state index < -0.39 is 91.5 Å². The molecule has 0 heterocycles. The van der Waals surface area contributed by atoms with Crippen LogP contribution in [0, 0.1) is 0 Å². The molecular weight excluding hydrogens is 1360 g/mol. The first-order chi connectivity index (χ1) is 51.2. The van der Waals surface area contributed by atoms with E-state index in [2.05, 4.69) is 142 Å². The lowest BCUT2D eigenvalue weighted by molar-refractivity contribution is -0.161. The highest BCUT2D eigenvalue weighted by atomic mass is 31.2. The molecule has 18 heteroatoms. The Morgan fingerprint density at radius 2 is 0.505 bits per heavy atom. The molecule has 0 radical (unpaired) electrons. The number of carbonyl (C=O) groups is 3. The zero-order chi connectivity index (χ0) is 76.6. The number of esters is 3. The number of rotatable bonds is 79. The third-order valence-corrected chi connectivity index (χ3v) is 19.6. The molecule has 0 aromatic carbocycles. The normalized spacial score (nSPS) is 14.5. The number of hydrogen-bond acceptors (Lipinski definition) is 14. The van der Waals surface area contributed by atoms with E-state index in [1.54, 1.807) is 0 Å². The highest BCUT2D eigenvalue weighted by molar-refractivity contribution is 7.47. The van der Waals surface area contributed by atoms with Crippen molar-refractivity contribution in [2.45, 2.75) is 373 Å². The van der Waals surface area contributed by atoms with Gasteiger partial charge < -0.3 is 34.2 Å². The lowest BCUT2D eigenvalue weighted by atomic mass is 10.0. The number of ether oxygens (including phenoxy) is 3. The quantitative estimate of drug-likeness (QED) is 0.0146. The molecule has 0 saturated heterocycles. The van der Waals surface area contributed by atoms with Crippen molar-refractivity contribution in [2.24, 2.45) is 0 Å². The van der Waals surface area contributed by atoms with E-state index in [1.807, 2.05) is 0 Å². The van der Waals surface area contributed by atoms with Crippen molar-refractivity contribution >= 4 is 33.6 Å². The van der Waals surface area contributed by atoms with Gasteiger partial charge in [0.25, 0.3) is 0 Å². The van der Waals surface area contributed by atoms with Crippen LogP contribution in [0.2, 0.25) is 0 Å². The van der Waals surface area contributed by atoms with Gasteiger partial charge in [-0.15, -0.1) is 0 Å². The summed E-state index contributed by atoms with van der Waals surface area (Å²) in [5, 5.41) is 20.6. The Morgan fingerprint density at radius 3 is 0.819 bits per heavy atom. The number of phosphoric acid groups is 2. The predicted molar refractivity (Wildman–Crippen MR) is 436 cm³/mol. The first-order valence-electron chi connectivity index (χ1n) is 41.8. The molecule has 0 aromatic rings. The molecule has 0 spiro atoms. The average Bonchev–Trinajstić information content (AvgIpc) is 0.918. The van der Waals surface area contributed by atoms with Crippen LogP contribution >= 0.6 is 15.6 Å². The molecule has 0 aliphatic heterocycles. The second-order valence-electron chi connectivity index (χ2n) is 27.9. The van der Waals surface area contributed by atoms with Crippen LogP contribution in [0.4, 0.5) is 0 Å². The molecule has 0 aromatic heterocycles. The number of aliphatic hydroxyl groups excluding tert-OH is 2. The lowest BCUT2D eigenvalue weighted by Crippen LogP contribution is -2.30. The Labute approximate surface area is 640 Å². The Balaban J connectivity index is 4.35. The largest absolute Gasteiger partial charge is 0.472 e. The van der Waals surface area contributed by atoms with Crippen molar-refractivity contribution in [1.82, 2.24) is 0 Å². The molecule has 4 N–H and O–H groups in total. The first kappa shape index (κ1) is 101. The van der Waals surface area contributed by atoms with Gasteiger partial charge in [-0.1, -0.05) is 341 Å². The molecule has 0 amide bonds. The summed E-state index contributed by atoms with van der Waals surface area (Å²) in [6.45, 7) is 2.55. The second kappa shape index (κ2) is 79.5. The molecule has 105 heavy (non-hydrogen) atoms. The van der Waals surface area contributed by atoms with E-state index in [9.17, 15) is 43.5 Å². The molecule has 0 aliphatic carbocycles. The van der Waals surface area contributed by atoms with Gasteiger partial charge in [0.05, 0.1) is 26.4 Å². The van der Waals surface area contributed by atoms with Crippen LogP contribution in [0.25, 0.3) is 0 Å². The Morgan fingerprint density at radius 1 is 0.276 bits per heavy atom. The SMILES string of the molecule is CC/C=C\C/C=C\C/C=C\C/C=C\C/C=C\C/C=C\CCCCCCCCCCCCCCCCCCC(=O)OCC(O)COP(=O)(O)OCC(O)COP(=O)(O)OCC(COC(=O)CCCCCCCCC/C=C\C/C=C\C/C=C\C/C=C\CCCCC)OC(=O)CCCCCCCCCCCCC. The van der Waals surface area contributed by atoms with Crippen LogP contribution in [-0.4, -0.2) is 95.9 Å². The summed E-state index contributed by atoms with van der Waals surface area (Å²) in [5.41, 5.74) is 0. The summed E-state index contributed by atoms with van der Waals surface area (Å²) >= 11 is 0. The van der Waals surface area contributed by atoms with Gasteiger partial charge in [-0.3, -0.25) is 32.5 Å². The molecule has 606 valence electrons. The number of allylic oxidation sites excluding steroid dienone is 20. The zero-order valence-corrected chi connectivity index (χ0v) is 68.2. The number of aliphatic hydroxyl groups is 2. The third kappa shape index (κ3) is 80.8. The average molecular weight is 1520 g/mol. The van der Waals surface area contributed by atoms with Gasteiger partial charge in [0.15, 0.2) is 6.10 Å². The third-order valence-electron chi connectivity index (χ3n) is 17.7. The van der Waals surface area contributed by atoms with Gasteiger partial charge >= 0.3 is 33.6 Å². The van der Waals surface area contributed by atoms with E-state index in [0.29, 0.717) is 19.3 Å². The van der Waals surface area contributed by atoms with Gasteiger partial charge in [0, 0.05) is 19.3 Å². The van der Waals surface area contributed by atoms with Crippen molar-refractivity contribution < 1.29 is 75.8 Å². The fourth-order valence-corrected chi connectivity index (χ4v) is 12.9. The number of hydrogen-bond donors (Lipinski definition) is 4. The fourth-order valence-electron chi connectivity index (χ4n) is 11.3. The highest BCUT2D eigenvalue weighted by Gasteiger charge is 2.29. The number of carbonyl (C=O) groups excluding carboxylic acids is 3. The predicted octanol–water partition coefficient (Wildman–Crippen LogP) is 24.9. The summed E-state index contributed by atoms with van der Waals surface area (Å²) in [5.74, 6) is -1.57. The van der Waals surface area contributed by atoms with E-state index in [1.165, 1.54) is 148 Å². The minimum absolute atomic E-state index is 0.104. The molecule has 0 bridgehead atoms. The number of phosphoric ester groups is 2. The van der Waals surface area contributed by atoms with Crippen LogP contribution < -0.4 is 0 Å². The van der Waals surface area contributed by atoms with Crippen LogP contribution in [0.5, 0.6) is 0 Å². The smallest absolute Gasteiger partial charge is 0.463 e. The second-order valence-corrected chi connectivity index (χ2v) is 30.8. The van der Waals surface area contributed by atoms with E-state index in [4.69, 9.17) is 32.3 Å². The maximum absolute atomic E-state index is 12.9. The first-order valence-corrected chi connectivity index (χ1v) is 44.8. The molecule has 5 unspecified atom stereocenters. The van der Waals surface area contributed by atoms with Crippen LogP contribution in [0.1, 0.15) is 355 Å². The van der Waals surface area contributed by atoms with E-state index in [-0.39, 0.29) is 19.3 Å². The fraction of sp³-hybridized carbons (Fsp3) is 0.736. The number of unbranched alkanes of at least 4 members (excludes halogenated alkanes) is 36. The van der Waals surface area contributed by atoms with Crippen LogP contribution in [0.15, 0.2) is 122 Å². The maximum atomic E-state index is 12.9. The van der Waals surface area contributed by atoms with E-state index >= 15 is 0 Å². The zero-order valence-electron chi connectivity index (χ0n) is 66.4. The van der Waals surface area contributed by atoms with Gasteiger partial charge in [-0.25, -0.2) is 9.13 Å². The summed E-state index contributed by atoms with van der Waals surface area (Å²) < 4.78 is 61.1. The minimum atomic E-state index is -4.93. The molecule has 0 fully saturated rings. The Kier molecular flexibility index (Phi) is 76.4. The van der Waals surface area contributed by atoms with Gasteiger partial charge in [-0.05, 0) is 116 Å².